The summed E-state index contributed by atoms with van der Waals surface area (Å²) in [4.78, 5) is 18.9. The molecule has 176 valence electrons. The molecule has 0 spiro atoms. The van der Waals surface area contributed by atoms with Gasteiger partial charge in [-0.3, -0.25) is 9.69 Å². The van der Waals surface area contributed by atoms with Gasteiger partial charge >= 0.3 is 5.97 Å². The van der Waals surface area contributed by atoms with Crippen molar-refractivity contribution in [3.63, 3.8) is 0 Å². The number of benzene rings is 2. The lowest BCUT2D eigenvalue weighted by Gasteiger charge is -2.37. The van der Waals surface area contributed by atoms with Crippen LogP contribution in [-0.4, -0.2) is 34.8 Å². The molecule has 2 fully saturated rings. The number of aryl methyl sites for hydroxylation is 1. The van der Waals surface area contributed by atoms with E-state index in [2.05, 4.69) is 59.4 Å². The predicted octanol–water partition coefficient (Wildman–Crippen LogP) is 5.75. The van der Waals surface area contributed by atoms with Crippen LogP contribution in [0.4, 0.5) is 0 Å². The van der Waals surface area contributed by atoms with Crippen LogP contribution < -0.4 is 0 Å². The van der Waals surface area contributed by atoms with Gasteiger partial charge in [0, 0.05) is 19.6 Å². The van der Waals surface area contributed by atoms with E-state index in [-0.39, 0.29) is 5.92 Å². The summed E-state index contributed by atoms with van der Waals surface area (Å²) < 4.78 is 0. The van der Waals surface area contributed by atoms with Gasteiger partial charge in [-0.1, -0.05) is 67.7 Å². The van der Waals surface area contributed by atoms with Crippen molar-refractivity contribution in [3.05, 3.63) is 70.3 Å². The standard InChI is InChI=1S/C28H36N2O3/c1-3-22-15-25(13-14-26(22)16-30-17-27(18-30)28(31)32)20(2)29-33-19-21-9-11-24(12-10-21)23-7-5-4-6-8-23/h9-15,23,27H,3-8,16-19H2,1-2H3,(H,31,32). The molecule has 0 aromatic heterocycles. The number of rotatable bonds is 9. The number of carboxylic acids is 1. The third kappa shape index (κ3) is 6.02. The van der Waals surface area contributed by atoms with Gasteiger partial charge in [-0.15, -0.1) is 0 Å². The van der Waals surface area contributed by atoms with Crippen LogP contribution in [0.25, 0.3) is 0 Å². The number of aliphatic carboxylic acids is 1. The van der Waals surface area contributed by atoms with Crippen LogP contribution in [0.1, 0.15) is 79.7 Å². The highest BCUT2D eigenvalue weighted by Gasteiger charge is 2.32. The molecule has 2 aromatic carbocycles. The molecule has 5 heteroatoms. The number of carbonyl (C=O) groups is 1. The molecule has 1 saturated carbocycles. The molecule has 1 N–H and O–H groups in total. The fraction of sp³-hybridized carbons (Fsp3) is 0.500. The molecule has 0 atom stereocenters. The van der Waals surface area contributed by atoms with Crippen molar-refractivity contribution in [2.75, 3.05) is 13.1 Å². The van der Waals surface area contributed by atoms with E-state index in [1.807, 2.05) is 6.92 Å². The second-order valence-corrected chi connectivity index (χ2v) is 9.59. The Morgan fingerprint density at radius 2 is 1.79 bits per heavy atom. The Kier molecular flexibility index (Phi) is 7.81. The van der Waals surface area contributed by atoms with Gasteiger partial charge in [0.05, 0.1) is 11.6 Å². The van der Waals surface area contributed by atoms with Crippen LogP contribution >= 0.6 is 0 Å². The van der Waals surface area contributed by atoms with Gasteiger partial charge in [-0.05, 0) is 66.0 Å². The molecule has 0 bridgehead atoms. The first kappa shape index (κ1) is 23.5. The van der Waals surface area contributed by atoms with E-state index in [0.717, 1.165) is 35.7 Å². The molecule has 0 radical (unpaired) electrons. The summed E-state index contributed by atoms with van der Waals surface area (Å²) in [5.74, 6) is -0.182. The minimum absolute atomic E-state index is 0.218. The number of nitrogens with zero attached hydrogens (tertiary/aromatic N) is 2. The maximum absolute atomic E-state index is 11.0. The second-order valence-electron chi connectivity index (χ2n) is 9.59. The van der Waals surface area contributed by atoms with E-state index in [4.69, 9.17) is 9.94 Å². The molecule has 2 aliphatic rings. The Bertz CT molecular complexity index is 971. The first-order valence-electron chi connectivity index (χ1n) is 12.4. The maximum Gasteiger partial charge on any atom is 0.309 e. The van der Waals surface area contributed by atoms with Crippen molar-refractivity contribution >= 4 is 11.7 Å². The van der Waals surface area contributed by atoms with E-state index in [9.17, 15) is 4.79 Å². The van der Waals surface area contributed by atoms with Crippen LogP contribution in [-0.2, 0) is 29.2 Å². The zero-order valence-corrected chi connectivity index (χ0v) is 19.9. The number of oxime groups is 1. The maximum atomic E-state index is 11.0. The first-order valence-corrected chi connectivity index (χ1v) is 12.4. The number of hydrogen-bond acceptors (Lipinski definition) is 4. The van der Waals surface area contributed by atoms with Crippen molar-refractivity contribution in [2.24, 2.45) is 11.1 Å². The fourth-order valence-corrected chi connectivity index (χ4v) is 5.01. The Balaban J connectivity index is 1.31. The highest BCUT2D eigenvalue weighted by Crippen LogP contribution is 2.32. The highest BCUT2D eigenvalue weighted by atomic mass is 16.6. The van der Waals surface area contributed by atoms with E-state index < -0.39 is 5.97 Å². The molecule has 2 aromatic rings. The minimum Gasteiger partial charge on any atom is -0.481 e. The summed E-state index contributed by atoms with van der Waals surface area (Å²) in [6, 6.07) is 15.3. The van der Waals surface area contributed by atoms with Crippen LogP contribution in [0.2, 0.25) is 0 Å². The Labute approximate surface area is 197 Å². The highest BCUT2D eigenvalue weighted by molar-refractivity contribution is 5.98. The van der Waals surface area contributed by atoms with Crippen LogP contribution in [0.5, 0.6) is 0 Å². The third-order valence-corrected chi connectivity index (χ3v) is 7.19. The molecule has 1 saturated heterocycles. The first-order chi connectivity index (χ1) is 16.0. The van der Waals surface area contributed by atoms with E-state index >= 15 is 0 Å². The Morgan fingerprint density at radius 1 is 1.06 bits per heavy atom. The second kappa shape index (κ2) is 11.0. The average molecular weight is 449 g/mol. The normalized spacial score (nSPS) is 18.2. The molecule has 4 rings (SSSR count). The van der Waals surface area contributed by atoms with Crippen molar-refractivity contribution in [3.8, 4) is 0 Å². The fourth-order valence-electron chi connectivity index (χ4n) is 5.01. The van der Waals surface area contributed by atoms with Gasteiger partial charge in [0.15, 0.2) is 0 Å². The smallest absolute Gasteiger partial charge is 0.309 e. The van der Waals surface area contributed by atoms with Gasteiger partial charge in [0.2, 0.25) is 0 Å². The molecule has 1 aliphatic carbocycles. The summed E-state index contributed by atoms with van der Waals surface area (Å²) in [7, 11) is 0. The lowest BCUT2D eigenvalue weighted by Crippen LogP contribution is -2.49. The molecule has 5 nitrogen and oxygen atoms in total. The SMILES string of the molecule is CCc1cc(C(C)=NOCc2ccc(C3CCCCC3)cc2)ccc1CN1CC(C(=O)O)C1. The molecule has 0 amide bonds. The molecule has 1 heterocycles. The minimum atomic E-state index is -0.690. The monoisotopic (exact) mass is 448 g/mol. The molecule has 1 aliphatic heterocycles. The van der Waals surface area contributed by atoms with Crippen molar-refractivity contribution < 1.29 is 14.7 Å². The topological polar surface area (TPSA) is 62.1 Å². The van der Waals surface area contributed by atoms with Crippen LogP contribution in [0.15, 0.2) is 47.6 Å². The van der Waals surface area contributed by atoms with Crippen molar-refractivity contribution in [1.29, 1.82) is 0 Å². The lowest BCUT2D eigenvalue weighted by atomic mass is 9.84. The van der Waals surface area contributed by atoms with Gasteiger partial charge in [-0.2, -0.15) is 0 Å². The van der Waals surface area contributed by atoms with E-state index in [1.165, 1.54) is 48.8 Å². The zero-order valence-electron chi connectivity index (χ0n) is 19.9. The van der Waals surface area contributed by atoms with Gasteiger partial charge in [0.25, 0.3) is 0 Å². The van der Waals surface area contributed by atoms with Gasteiger partial charge in [0.1, 0.15) is 6.61 Å². The van der Waals surface area contributed by atoms with Gasteiger partial charge in [-0.25, -0.2) is 0 Å². The van der Waals surface area contributed by atoms with Crippen molar-refractivity contribution in [2.45, 2.75) is 71.4 Å². The average Bonchev–Trinajstić information content (AvgIpc) is 2.81. The van der Waals surface area contributed by atoms with E-state index in [1.54, 1.807) is 0 Å². The molecule has 33 heavy (non-hydrogen) atoms. The number of likely N-dealkylation sites (tertiary alicyclic amines) is 1. The van der Waals surface area contributed by atoms with Gasteiger partial charge < -0.3 is 9.94 Å². The number of hydrogen-bond donors (Lipinski definition) is 1. The molecular weight excluding hydrogens is 412 g/mol. The van der Waals surface area contributed by atoms with Crippen LogP contribution in [0, 0.1) is 5.92 Å². The molecular formula is C28H36N2O3. The van der Waals surface area contributed by atoms with Crippen molar-refractivity contribution in [1.82, 2.24) is 4.90 Å². The summed E-state index contributed by atoms with van der Waals surface area (Å²) in [6.07, 6.45) is 7.66. The van der Waals surface area contributed by atoms with E-state index in [0.29, 0.717) is 19.7 Å². The quantitative estimate of drug-likeness (QED) is 0.392. The predicted molar refractivity (Wildman–Crippen MR) is 131 cm³/mol. The van der Waals surface area contributed by atoms with Crippen LogP contribution in [0.3, 0.4) is 0 Å². The third-order valence-electron chi connectivity index (χ3n) is 7.19. The largest absolute Gasteiger partial charge is 0.481 e. The summed E-state index contributed by atoms with van der Waals surface area (Å²) >= 11 is 0. The Morgan fingerprint density at radius 3 is 2.45 bits per heavy atom. The lowest BCUT2D eigenvalue weighted by molar-refractivity contribution is -0.147. The summed E-state index contributed by atoms with van der Waals surface area (Å²) in [5.41, 5.74) is 7.07. The molecule has 0 unspecified atom stereocenters. The summed E-state index contributed by atoms with van der Waals surface area (Å²) in [6.45, 7) is 6.68. The Hall–Kier alpha value is -2.66. The number of carboxylic acid groups (broad SMARTS) is 1. The zero-order chi connectivity index (χ0) is 23.2. The summed E-state index contributed by atoms with van der Waals surface area (Å²) in [5, 5.41) is 13.4.